The van der Waals surface area contributed by atoms with Crippen LogP contribution in [0.4, 0.5) is 5.95 Å². The van der Waals surface area contributed by atoms with Crippen molar-refractivity contribution >= 4 is 23.5 Å². The summed E-state index contributed by atoms with van der Waals surface area (Å²) in [5, 5.41) is 6.69. The monoisotopic (exact) mass is 280 g/mol. The van der Waals surface area contributed by atoms with Crippen LogP contribution in [0, 0.1) is 0 Å². The Hall–Kier alpha value is -2.29. The lowest BCUT2D eigenvalue weighted by molar-refractivity contribution is -0.120. The van der Waals surface area contributed by atoms with Gasteiger partial charge in [-0.1, -0.05) is 0 Å². The van der Waals surface area contributed by atoms with E-state index in [1.165, 1.54) is 17.3 Å². The van der Waals surface area contributed by atoms with Crippen LogP contribution >= 0.6 is 11.6 Å². The molecular weight excluding hydrogens is 272 g/mol. The van der Waals surface area contributed by atoms with Crippen LogP contribution in [0.15, 0.2) is 12.7 Å². The molecule has 0 atom stereocenters. The summed E-state index contributed by atoms with van der Waals surface area (Å²) in [7, 11) is 0. The van der Waals surface area contributed by atoms with Gasteiger partial charge in [0, 0.05) is 13.1 Å². The third-order valence-electron chi connectivity index (χ3n) is 2.53. The van der Waals surface area contributed by atoms with Gasteiger partial charge in [0.1, 0.15) is 12.7 Å². The van der Waals surface area contributed by atoms with Gasteiger partial charge in [-0.2, -0.15) is 24.7 Å². The van der Waals surface area contributed by atoms with Gasteiger partial charge in [-0.05, 0) is 11.6 Å². The molecule has 1 amide bonds. The van der Waals surface area contributed by atoms with Gasteiger partial charge in [-0.3, -0.25) is 4.79 Å². The maximum atomic E-state index is 11.4. The minimum absolute atomic E-state index is 0.0430. The molecule has 0 bridgehead atoms. The molecule has 2 aromatic heterocycles. The largest absolute Gasteiger partial charge is 0.353 e. The van der Waals surface area contributed by atoms with Crippen LogP contribution in [0.2, 0.25) is 5.28 Å². The number of carbonyl (C=O) groups is 1. The van der Waals surface area contributed by atoms with Crippen molar-refractivity contribution in [2.75, 3.05) is 24.5 Å². The summed E-state index contributed by atoms with van der Waals surface area (Å²) in [6.07, 6.45) is 2.82. The molecule has 3 rings (SSSR count). The van der Waals surface area contributed by atoms with E-state index in [4.69, 9.17) is 11.6 Å². The van der Waals surface area contributed by atoms with Crippen molar-refractivity contribution in [3.8, 4) is 5.95 Å². The van der Waals surface area contributed by atoms with Gasteiger partial charge in [0.2, 0.25) is 17.1 Å². The molecule has 0 aliphatic carbocycles. The molecule has 0 spiro atoms. The molecule has 3 heterocycles. The number of hydrogen-bond acceptors (Lipinski definition) is 7. The standard InChI is InChI=1S/C9H9ClN8O/c10-7-14-8(17-2-1-12-6(19)3-17)16-9(15-7)18-5-11-4-13-18/h4-5H,1-3H2,(H,12,19). The van der Waals surface area contributed by atoms with Crippen LogP contribution in [-0.2, 0) is 4.79 Å². The van der Waals surface area contributed by atoms with Gasteiger partial charge < -0.3 is 10.2 Å². The molecule has 19 heavy (non-hydrogen) atoms. The second-order valence-corrected chi connectivity index (χ2v) is 4.15. The smallest absolute Gasteiger partial charge is 0.258 e. The Morgan fingerprint density at radius 2 is 2.11 bits per heavy atom. The van der Waals surface area contributed by atoms with Crippen LogP contribution < -0.4 is 10.2 Å². The van der Waals surface area contributed by atoms with Crippen LogP contribution in [0.5, 0.6) is 0 Å². The van der Waals surface area contributed by atoms with E-state index in [-0.39, 0.29) is 23.7 Å². The number of rotatable bonds is 2. The lowest BCUT2D eigenvalue weighted by atomic mass is 10.4. The first-order valence-corrected chi connectivity index (χ1v) is 5.88. The van der Waals surface area contributed by atoms with E-state index in [0.717, 1.165) is 0 Å². The third-order valence-corrected chi connectivity index (χ3v) is 2.70. The number of aromatic nitrogens is 6. The van der Waals surface area contributed by atoms with Crippen LogP contribution in [-0.4, -0.2) is 55.3 Å². The second kappa shape index (κ2) is 4.76. The molecule has 0 saturated carbocycles. The lowest BCUT2D eigenvalue weighted by Crippen LogP contribution is -2.48. The number of carbonyl (C=O) groups excluding carboxylic acids is 1. The van der Waals surface area contributed by atoms with Crippen LogP contribution in [0.25, 0.3) is 5.95 Å². The summed E-state index contributed by atoms with van der Waals surface area (Å²) in [5.74, 6) is 0.531. The molecule has 1 fully saturated rings. The SMILES string of the molecule is O=C1CN(c2nc(Cl)nc(-n3cncn3)n2)CCN1. The number of nitrogens with zero attached hydrogens (tertiary/aromatic N) is 7. The number of halogens is 1. The molecule has 1 aliphatic heterocycles. The van der Waals surface area contributed by atoms with Gasteiger partial charge in [0.25, 0.3) is 5.95 Å². The van der Waals surface area contributed by atoms with E-state index in [9.17, 15) is 4.79 Å². The fourth-order valence-corrected chi connectivity index (χ4v) is 1.85. The fraction of sp³-hybridized carbons (Fsp3) is 0.333. The van der Waals surface area contributed by atoms with Gasteiger partial charge in [0.15, 0.2) is 0 Å². The highest BCUT2D eigenvalue weighted by Gasteiger charge is 2.20. The predicted molar refractivity (Wildman–Crippen MR) is 65.0 cm³/mol. The maximum absolute atomic E-state index is 11.4. The Bertz CT molecular complexity index is 600. The van der Waals surface area contributed by atoms with Crippen molar-refractivity contribution in [1.82, 2.24) is 35.0 Å². The maximum Gasteiger partial charge on any atom is 0.258 e. The normalized spacial score (nSPS) is 15.4. The van der Waals surface area contributed by atoms with Gasteiger partial charge in [0.05, 0.1) is 6.54 Å². The lowest BCUT2D eigenvalue weighted by Gasteiger charge is -2.26. The van der Waals surface area contributed by atoms with Gasteiger partial charge >= 0.3 is 0 Å². The second-order valence-electron chi connectivity index (χ2n) is 3.82. The van der Waals surface area contributed by atoms with Crippen molar-refractivity contribution in [2.24, 2.45) is 0 Å². The molecule has 2 aromatic rings. The zero-order valence-corrected chi connectivity index (χ0v) is 10.4. The summed E-state index contributed by atoms with van der Waals surface area (Å²) < 4.78 is 1.38. The highest BCUT2D eigenvalue weighted by Crippen LogP contribution is 2.13. The predicted octanol–water partition coefficient (Wildman–Crippen LogP) is -0.958. The minimum Gasteiger partial charge on any atom is -0.353 e. The molecule has 9 nitrogen and oxygen atoms in total. The fourth-order valence-electron chi connectivity index (χ4n) is 1.69. The van der Waals surface area contributed by atoms with Crippen molar-refractivity contribution in [2.45, 2.75) is 0 Å². The van der Waals surface area contributed by atoms with Crippen molar-refractivity contribution < 1.29 is 4.79 Å². The topological polar surface area (TPSA) is 102 Å². The number of amides is 1. The third kappa shape index (κ3) is 2.45. The van der Waals surface area contributed by atoms with Gasteiger partial charge in [-0.25, -0.2) is 4.98 Å². The average molecular weight is 281 g/mol. The number of anilines is 1. The number of piperazine rings is 1. The Balaban J connectivity index is 1.95. The van der Waals surface area contributed by atoms with E-state index in [2.05, 4.69) is 30.4 Å². The zero-order valence-electron chi connectivity index (χ0n) is 9.69. The first kappa shape index (κ1) is 11.8. The Morgan fingerprint density at radius 3 is 2.84 bits per heavy atom. The molecule has 0 unspecified atom stereocenters. The van der Waals surface area contributed by atoms with E-state index in [1.54, 1.807) is 4.90 Å². The van der Waals surface area contributed by atoms with Crippen LogP contribution in [0.1, 0.15) is 0 Å². The number of hydrogen-bond donors (Lipinski definition) is 1. The molecule has 1 N–H and O–H groups in total. The molecule has 10 heteroatoms. The first-order chi connectivity index (χ1) is 9.22. The molecule has 1 aliphatic rings. The highest BCUT2D eigenvalue weighted by atomic mass is 35.5. The molecule has 98 valence electrons. The summed E-state index contributed by atoms with van der Waals surface area (Å²) >= 11 is 5.87. The summed E-state index contributed by atoms with van der Waals surface area (Å²) in [5.41, 5.74) is 0. The Morgan fingerprint density at radius 1 is 1.26 bits per heavy atom. The summed E-state index contributed by atoms with van der Waals surface area (Å²) in [6, 6.07) is 0. The summed E-state index contributed by atoms with van der Waals surface area (Å²) in [6.45, 7) is 1.35. The van der Waals surface area contributed by atoms with Crippen LogP contribution in [0.3, 0.4) is 0 Å². The van der Waals surface area contributed by atoms with E-state index >= 15 is 0 Å². The Kier molecular flexibility index (Phi) is 2.95. The van der Waals surface area contributed by atoms with E-state index in [0.29, 0.717) is 19.0 Å². The Labute approximate surface area is 112 Å². The average Bonchev–Trinajstić information content (AvgIpc) is 2.92. The quantitative estimate of drug-likeness (QED) is 0.756. The van der Waals surface area contributed by atoms with E-state index < -0.39 is 0 Å². The molecule has 1 saturated heterocycles. The van der Waals surface area contributed by atoms with E-state index in [1.807, 2.05) is 0 Å². The molecular formula is C9H9ClN8O. The van der Waals surface area contributed by atoms with Gasteiger partial charge in [-0.15, -0.1) is 0 Å². The molecule has 0 aromatic carbocycles. The zero-order chi connectivity index (χ0) is 13.2. The minimum atomic E-state index is -0.0786. The first-order valence-electron chi connectivity index (χ1n) is 5.50. The summed E-state index contributed by atoms with van der Waals surface area (Å²) in [4.78, 5) is 29.1. The van der Waals surface area contributed by atoms with Crippen molar-refractivity contribution in [3.63, 3.8) is 0 Å². The molecule has 0 radical (unpaired) electrons. The highest BCUT2D eigenvalue weighted by molar-refractivity contribution is 6.28. The van der Waals surface area contributed by atoms with Crippen molar-refractivity contribution in [3.05, 3.63) is 17.9 Å². The number of nitrogens with one attached hydrogen (secondary N) is 1. The van der Waals surface area contributed by atoms with Crippen molar-refractivity contribution in [1.29, 1.82) is 0 Å².